The van der Waals surface area contributed by atoms with Crippen LogP contribution < -0.4 is 0 Å². The first-order valence-corrected chi connectivity index (χ1v) is 5.00. The number of thiol groups is 1. The molecule has 0 spiro atoms. The van der Waals surface area contributed by atoms with Gasteiger partial charge < -0.3 is 20.0 Å². The monoisotopic (exact) mass is 236 g/mol. The molecular weight excluding hydrogens is 220 g/mol. The topological polar surface area (TPSA) is 81.1 Å². The average molecular weight is 236 g/mol. The van der Waals surface area contributed by atoms with Crippen molar-refractivity contribution in [2.75, 3.05) is 32.9 Å². The van der Waals surface area contributed by atoms with Gasteiger partial charge in [0.25, 0.3) is 0 Å². The van der Waals surface area contributed by atoms with E-state index in [2.05, 4.69) is 12.6 Å². The summed E-state index contributed by atoms with van der Waals surface area (Å²) in [4.78, 5) is 23.3. The van der Waals surface area contributed by atoms with Crippen molar-refractivity contribution < 1.29 is 19.8 Å². The number of carbonyl (C=O) groups is 2. The lowest BCUT2D eigenvalue weighted by Gasteiger charge is -2.24. The maximum Gasteiger partial charge on any atom is 0.407 e. The third kappa shape index (κ3) is 5.36. The lowest BCUT2D eigenvalue weighted by atomic mass is 10.1. The van der Waals surface area contributed by atoms with Crippen molar-refractivity contribution in [3.8, 4) is 0 Å². The molecule has 0 heterocycles. The number of carboxylic acid groups (broad SMARTS) is 2. The Morgan fingerprint density at radius 2 is 1.47 bits per heavy atom. The summed E-state index contributed by atoms with van der Waals surface area (Å²) in [6.07, 6.45) is -2.06. The van der Waals surface area contributed by atoms with Crippen LogP contribution in [-0.4, -0.2) is 65.1 Å². The summed E-state index contributed by atoms with van der Waals surface area (Å²) >= 11 is 4.06. The van der Waals surface area contributed by atoms with Gasteiger partial charge in [0.2, 0.25) is 0 Å². The second-order valence-electron chi connectivity index (χ2n) is 3.37. The average Bonchev–Trinajstić information content (AvgIpc) is 2.15. The minimum atomic E-state index is -1.03. The van der Waals surface area contributed by atoms with Gasteiger partial charge in [0.15, 0.2) is 0 Å². The van der Waals surface area contributed by atoms with Crippen LogP contribution in [0.1, 0.15) is 0 Å². The summed E-state index contributed by atoms with van der Waals surface area (Å²) < 4.78 is 0. The summed E-state index contributed by atoms with van der Waals surface area (Å²) in [6.45, 7) is 0.549. The van der Waals surface area contributed by atoms with Gasteiger partial charge in [0, 0.05) is 33.1 Å². The van der Waals surface area contributed by atoms with Crippen LogP contribution >= 0.6 is 12.6 Å². The Balaban J connectivity index is 4.14. The SMILES string of the molecule is CN(CC(CS)CN(C)C(=O)O)C(=O)O. The highest BCUT2D eigenvalue weighted by Gasteiger charge is 2.17. The lowest BCUT2D eigenvalue weighted by Crippen LogP contribution is -2.38. The molecule has 0 atom stereocenters. The Kier molecular flexibility index (Phi) is 5.92. The van der Waals surface area contributed by atoms with Crippen molar-refractivity contribution in [1.29, 1.82) is 0 Å². The van der Waals surface area contributed by atoms with Crippen molar-refractivity contribution in [3.63, 3.8) is 0 Å². The fraction of sp³-hybridized carbons (Fsp3) is 0.750. The molecule has 0 aliphatic heterocycles. The molecule has 15 heavy (non-hydrogen) atoms. The maximum atomic E-state index is 10.5. The number of nitrogens with zero attached hydrogens (tertiary/aromatic N) is 2. The Hall–Kier alpha value is -1.11. The number of hydrogen-bond donors (Lipinski definition) is 3. The standard InChI is InChI=1S/C8H16N2O4S/c1-9(7(11)12)3-6(5-15)4-10(2)8(13)14/h6,15H,3-5H2,1-2H3,(H,11,12)(H,13,14). The molecule has 0 saturated carbocycles. The predicted octanol–water partition coefficient (Wildman–Crippen LogP) is 0.752. The molecular formula is C8H16N2O4S. The van der Waals surface area contributed by atoms with Crippen LogP contribution in [0.2, 0.25) is 0 Å². The molecule has 0 aromatic heterocycles. The van der Waals surface area contributed by atoms with Gasteiger partial charge in [0.05, 0.1) is 0 Å². The van der Waals surface area contributed by atoms with Crippen molar-refractivity contribution in [3.05, 3.63) is 0 Å². The predicted molar refractivity (Wildman–Crippen MR) is 58.7 cm³/mol. The van der Waals surface area contributed by atoms with Crippen LogP contribution in [-0.2, 0) is 0 Å². The summed E-state index contributed by atoms with van der Waals surface area (Å²) in [6, 6.07) is 0. The zero-order valence-electron chi connectivity index (χ0n) is 8.75. The fourth-order valence-corrected chi connectivity index (χ4v) is 1.33. The minimum absolute atomic E-state index is 0.101. The van der Waals surface area contributed by atoms with Crippen molar-refractivity contribution in [2.45, 2.75) is 0 Å². The Morgan fingerprint density at radius 3 is 1.67 bits per heavy atom. The van der Waals surface area contributed by atoms with Gasteiger partial charge in [-0.15, -0.1) is 0 Å². The van der Waals surface area contributed by atoms with E-state index in [1.807, 2.05) is 0 Å². The third-order valence-electron chi connectivity index (χ3n) is 1.98. The van der Waals surface area contributed by atoms with Crippen molar-refractivity contribution in [2.24, 2.45) is 5.92 Å². The van der Waals surface area contributed by atoms with E-state index in [0.717, 1.165) is 9.80 Å². The molecule has 0 aliphatic carbocycles. The zero-order valence-corrected chi connectivity index (χ0v) is 9.65. The summed E-state index contributed by atoms with van der Waals surface area (Å²) in [7, 11) is 2.89. The van der Waals surface area contributed by atoms with E-state index in [-0.39, 0.29) is 19.0 Å². The summed E-state index contributed by atoms with van der Waals surface area (Å²) in [5.74, 6) is 0.338. The maximum absolute atomic E-state index is 10.5. The molecule has 0 fully saturated rings. The van der Waals surface area contributed by atoms with Crippen LogP contribution in [0.25, 0.3) is 0 Å². The van der Waals surface area contributed by atoms with Gasteiger partial charge in [0.1, 0.15) is 0 Å². The Bertz CT molecular complexity index is 215. The van der Waals surface area contributed by atoms with Gasteiger partial charge >= 0.3 is 12.2 Å². The quantitative estimate of drug-likeness (QED) is 0.615. The minimum Gasteiger partial charge on any atom is -0.465 e. The third-order valence-corrected chi connectivity index (χ3v) is 2.49. The highest BCUT2D eigenvalue weighted by molar-refractivity contribution is 7.80. The smallest absolute Gasteiger partial charge is 0.407 e. The highest BCUT2D eigenvalue weighted by Crippen LogP contribution is 2.04. The molecule has 0 radical (unpaired) electrons. The Morgan fingerprint density at radius 1 is 1.13 bits per heavy atom. The fourth-order valence-electron chi connectivity index (χ4n) is 1.10. The number of hydrogen-bond acceptors (Lipinski definition) is 3. The summed E-state index contributed by atoms with van der Waals surface area (Å²) in [5, 5.41) is 17.3. The molecule has 88 valence electrons. The summed E-state index contributed by atoms with van der Waals surface area (Å²) in [5.41, 5.74) is 0. The van der Waals surface area contributed by atoms with E-state index < -0.39 is 12.2 Å². The normalized spacial score (nSPS) is 10.1. The van der Waals surface area contributed by atoms with Crippen LogP contribution in [0.3, 0.4) is 0 Å². The molecule has 0 rings (SSSR count). The van der Waals surface area contributed by atoms with E-state index in [1.165, 1.54) is 14.1 Å². The first kappa shape index (κ1) is 13.9. The van der Waals surface area contributed by atoms with E-state index in [4.69, 9.17) is 10.2 Å². The van der Waals surface area contributed by atoms with Crippen LogP contribution in [0.15, 0.2) is 0 Å². The molecule has 0 saturated heterocycles. The zero-order chi connectivity index (χ0) is 12.0. The Labute approximate surface area is 93.9 Å². The van der Waals surface area contributed by atoms with Gasteiger partial charge in [-0.3, -0.25) is 0 Å². The highest BCUT2D eigenvalue weighted by atomic mass is 32.1. The lowest BCUT2D eigenvalue weighted by molar-refractivity contribution is 0.136. The van der Waals surface area contributed by atoms with Crippen LogP contribution in [0.4, 0.5) is 9.59 Å². The molecule has 0 aliphatic rings. The van der Waals surface area contributed by atoms with Gasteiger partial charge in [-0.25, -0.2) is 9.59 Å². The molecule has 6 nitrogen and oxygen atoms in total. The second kappa shape index (κ2) is 6.39. The van der Waals surface area contributed by atoms with Gasteiger partial charge in [-0.1, -0.05) is 0 Å². The molecule has 2 N–H and O–H groups in total. The molecule has 0 aromatic rings. The first-order chi connectivity index (χ1) is 6.88. The second-order valence-corrected chi connectivity index (χ2v) is 3.74. The van der Waals surface area contributed by atoms with Gasteiger partial charge in [-0.2, -0.15) is 12.6 Å². The number of amides is 2. The molecule has 0 bridgehead atoms. The van der Waals surface area contributed by atoms with Crippen LogP contribution in [0, 0.1) is 5.92 Å². The molecule has 0 unspecified atom stereocenters. The van der Waals surface area contributed by atoms with Gasteiger partial charge in [-0.05, 0) is 5.75 Å². The van der Waals surface area contributed by atoms with Crippen LogP contribution in [0.5, 0.6) is 0 Å². The van der Waals surface area contributed by atoms with Crippen molar-refractivity contribution >= 4 is 24.8 Å². The molecule has 2 amide bonds. The van der Waals surface area contributed by atoms with E-state index in [9.17, 15) is 9.59 Å². The molecule has 0 aromatic carbocycles. The molecule has 7 heteroatoms. The first-order valence-electron chi connectivity index (χ1n) is 4.37. The van der Waals surface area contributed by atoms with E-state index in [1.54, 1.807) is 0 Å². The van der Waals surface area contributed by atoms with Crippen molar-refractivity contribution in [1.82, 2.24) is 9.80 Å². The largest absolute Gasteiger partial charge is 0.465 e. The van der Waals surface area contributed by atoms with E-state index in [0.29, 0.717) is 5.75 Å². The number of rotatable bonds is 5. The van der Waals surface area contributed by atoms with E-state index >= 15 is 0 Å².